The standard InChI is InChI=1S/C15H21F3N2O4S/c1-11-3-4-13(12(2)9-11)25(22,23)20-6-5-14(21)19-7-8-24-10-15(16,17)18/h3-4,9,20H,5-8,10H2,1-2H3,(H,19,21). The Morgan fingerprint density at radius 1 is 1.20 bits per heavy atom. The van der Waals surface area contributed by atoms with Crippen molar-refractivity contribution in [3.8, 4) is 0 Å². The Labute approximate surface area is 144 Å². The molecule has 0 spiro atoms. The maximum atomic E-state index is 12.2. The van der Waals surface area contributed by atoms with Crippen LogP contribution in [0.3, 0.4) is 0 Å². The van der Waals surface area contributed by atoms with Gasteiger partial charge < -0.3 is 10.1 Å². The second-order valence-corrected chi connectivity index (χ2v) is 7.17. The Balaban J connectivity index is 2.32. The number of aryl methyl sites for hydroxylation is 2. The molecule has 1 rings (SSSR count). The molecule has 0 saturated carbocycles. The van der Waals surface area contributed by atoms with E-state index >= 15 is 0 Å². The van der Waals surface area contributed by atoms with Gasteiger partial charge in [-0.3, -0.25) is 4.79 Å². The zero-order valence-electron chi connectivity index (χ0n) is 13.9. The molecule has 0 heterocycles. The van der Waals surface area contributed by atoms with E-state index in [9.17, 15) is 26.4 Å². The van der Waals surface area contributed by atoms with E-state index in [0.29, 0.717) is 5.56 Å². The molecular weight excluding hydrogens is 361 g/mol. The number of amides is 1. The highest BCUT2D eigenvalue weighted by Gasteiger charge is 2.27. The van der Waals surface area contributed by atoms with Crippen LogP contribution in [0.25, 0.3) is 0 Å². The lowest BCUT2D eigenvalue weighted by Crippen LogP contribution is -2.33. The molecule has 0 unspecified atom stereocenters. The van der Waals surface area contributed by atoms with Gasteiger partial charge >= 0.3 is 6.18 Å². The van der Waals surface area contributed by atoms with Crippen molar-refractivity contribution in [2.75, 3.05) is 26.3 Å². The minimum absolute atomic E-state index is 0.0846. The number of sulfonamides is 1. The van der Waals surface area contributed by atoms with Crippen LogP contribution in [0.15, 0.2) is 23.1 Å². The van der Waals surface area contributed by atoms with E-state index in [2.05, 4.69) is 14.8 Å². The number of hydrogen-bond donors (Lipinski definition) is 2. The molecule has 0 aromatic heterocycles. The second kappa shape index (κ2) is 9.16. The monoisotopic (exact) mass is 382 g/mol. The summed E-state index contributed by atoms with van der Waals surface area (Å²) >= 11 is 0. The fraction of sp³-hybridized carbons (Fsp3) is 0.533. The van der Waals surface area contributed by atoms with Crippen molar-refractivity contribution in [3.63, 3.8) is 0 Å². The summed E-state index contributed by atoms with van der Waals surface area (Å²) in [5.41, 5.74) is 1.53. The molecule has 0 radical (unpaired) electrons. The van der Waals surface area contributed by atoms with Gasteiger partial charge in [0.15, 0.2) is 0 Å². The van der Waals surface area contributed by atoms with Gasteiger partial charge in [0.2, 0.25) is 15.9 Å². The highest BCUT2D eigenvalue weighted by Crippen LogP contribution is 2.16. The number of carbonyl (C=O) groups excluding carboxylic acids is 1. The van der Waals surface area contributed by atoms with Crippen molar-refractivity contribution >= 4 is 15.9 Å². The van der Waals surface area contributed by atoms with Crippen LogP contribution in [0.1, 0.15) is 17.5 Å². The minimum Gasteiger partial charge on any atom is -0.370 e. The first-order valence-electron chi connectivity index (χ1n) is 7.49. The Bertz CT molecular complexity index is 691. The molecule has 1 aromatic rings. The first-order valence-corrected chi connectivity index (χ1v) is 8.98. The van der Waals surface area contributed by atoms with E-state index in [1.165, 1.54) is 6.07 Å². The van der Waals surface area contributed by atoms with Crippen LogP contribution < -0.4 is 10.0 Å². The van der Waals surface area contributed by atoms with Gasteiger partial charge in [-0.2, -0.15) is 13.2 Å². The third kappa shape index (κ3) is 8.32. The van der Waals surface area contributed by atoms with Crippen LogP contribution >= 0.6 is 0 Å². The summed E-state index contributed by atoms with van der Waals surface area (Å²) in [6.45, 7) is 1.66. The Hall–Kier alpha value is -1.65. The molecule has 142 valence electrons. The summed E-state index contributed by atoms with van der Waals surface area (Å²) in [7, 11) is -3.73. The zero-order valence-corrected chi connectivity index (χ0v) is 14.8. The van der Waals surface area contributed by atoms with Crippen molar-refractivity contribution < 1.29 is 31.1 Å². The maximum absolute atomic E-state index is 12.2. The van der Waals surface area contributed by atoms with Gasteiger partial charge in [0, 0.05) is 19.5 Å². The van der Waals surface area contributed by atoms with Crippen LogP contribution in [0.5, 0.6) is 0 Å². The van der Waals surface area contributed by atoms with Crippen molar-refractivity contribution in [2.24, 2.45) is 0 Å². The SMILES string of the molecule is Cc1ccc(S(=O)(=O)NCCC(=O)NCCOCC(F)(F)F)c(C)c1. The lowest BCUT2D eigenvalue weighted by atomic mass is 10.2. The molecule has 1 aromatic carbocycles. The van der Waals surface area contributed by atoms with Gasteiger partial charge in [-0.05, 0) is 25.5 Å². The van der Waals surface area contributed by atoms with E-state index < -0.39 is 28.7 Å². The highest BCUT2D eigenvalue weighted by atomic mass is 32.2. The lowest BCUT2D eigenvalue weighted by Gasteiger charge is -2.10. The number of ether oxygens (including phenoxy) is 1. The van der Waals surface area contributed by atoms with Crippen LogP contribution in [0.4, 0.5) is 13.2 Å². The normalized spacial score (nSPS) is 12.2. The fourth-order valence-electron chi connectivity index (χ4n) is 2.02. The third-order valence-electron chi connectivity index (χ3n) is 3.10. The summed E-state index contributed by atoms with van der Waals surface area (Å²) < 4.78 is 66.5. The first-order chi connectivity index (χ1) is 11.5. The second-order valence-electron chi connectivity index (χ2n) is 5.43. The molecule has 6 nitrogen and oxygen atoms in total. The summed E-state index contributed by atoms with van der Waals surface area (Å²) in [6, 6.07) is 4.91. The number of rotatable bonds is 9. The number of hydrogen-bond acceptors (Lipinski definition) is 4. The molecule has 0 bridgehead atoms. The highest BCUT2D eigenvalue weighted by molar-refractivity contribution is 7.89. The average molecular weight is 382 g/mol. The third-order valence-corrected chi connectivity index (χ3v) is 4.72. The summed E-state index contributed by atoms with van der Waals surface area (Å²) in [5.74, 6) is -0.487. The van der Waals surface area contributed by atoms with Crippen molar-refractivity contribution in [1.29, 1.82) is 0 Å². The summed E-state index contributed by atoms with van der Waals surface area (Å²) in [6.07, 6.45) is -4.54. The van der Waals surface area contributed by atoms with Gasteiger partial charge in [-0.25, -0.2) is 13.1 Å². The number of benzene rings is 1. The molecule has 25 heavy (non-hydrogen) atoms. The molecule has 0 atom stereocenters. The predicted octanol–water partition coefficient (Wildman–Crippen LogP) is 1.67. The van der Waals surface area contributed by atoms with E-state index in [1.807, 2.05) is 6.92 Å². The molecule has 0 aliphatic carbocycles. The minimum atomic E-state index is -4.41. The van der Waals surface area contributed by atoms with Crippen molar-refractivity contribution in [1.82, 2.24) is 10.0 Å². The predicted molar refractivity (Wildman–Crippen MR) is 85.6 cm³/mol. The number of carbonyl (C=O) groups is 1. The van der Waals surface area contributed by atoms with Gasteiger partial charge in [0.05, 0.1) is 11.5 Å². The fourth-order valence-corrected chi connectivity index (χ4v) is 3.27. The topological polar surface area (TPSA) is 84.5 Å². The molecule has 0 fully saturated rings. The summed E-state index contributed by atoms with van der Waals surface area (Å²) in [4.78, 5) is 11.7. The Kier molecular flexibility index (Phi) is 7.84. The zero-order chi connectivity index (χ0) is 19.1. The van der Waals surface area contributed by atoms with Crippen molar-refractivity contribution in [2.45, 2.75) is 31.3 Å². The number of nitrogens with one attached hydrogen (secondary N) is 2. The van der Waals surface area contributed by atoms with Gasteiger partial charge in [-0.15, -0.1) is 0 Å². The molecule has 2 N–H and O–H groups in total. The summed E-state index contributed by atoms with van der Waals surface area (Å²) in [5, 5.41) is 2.35. The lowest BCUT2D eigenvalue weighted by molar-refractivity contribution is -0.173. The molecule has 0 aliphatic rings. The van der Waals surface area contributed by atoms with E-state index in [0.717, 1.165) is 5.56 Å². The first kappa shape index (κ1) is 21.4. The van der Waals surface area contributed by atoms with Crippen LogP contribution in [0, 0.1) is 13.8 Å². The quantitative estimate of drug-likeness (QED) is 0.637. The van der Waals surface area contributed by atoms with E-state index in [4.69, 9.17) is 0 Å². The molecule has 1 amide bonds. The van der Waals surface area contributed by atoms with E-state index in [1.54, 1.807) is 19.1 Å². The smallest absolute Gasteiger partial charge is 0.370 e. The van der Waals surface area contributed by atoms with Crippen LogP contribution in [-0.2, 0) is 19.6 Å². The number of alkyl halides is 3. The average Bonchev–Trinajstić information content (AvgIpc) is 2.45. The Morgan fingerprint density at radius 2 is 1.88 bits per heavy atom. The van der Waals surface area contributed by atoms with E-state index in [-0.39, 0.29) is 31.0 Å². The van der Waals surface area contributed by atoms with Crippen LogP contribution in [0.2, 0.25) is 0 Å². The van der Waals surface area contributed by atoms with Gasteiger partial charge in [-0.1, -0.05) is 17.7 Å². The van der Waals surface area contributed by atoms with Gasteiger partial charge in [0.1, 0.15) is 6.61 Å². The molecule has 10 heteroatoms. The molecular formula is C15H21F3N2O4S. The van der Waals surface area contributed by atoms with Gasteiger partial charge in [0.25, 0.3) is 0 Å². The largest absolute Gasteiger partial charge is 0.411 e. The molecule has 0 saturated heterocycles. The van der Waals surface area contributed by atoms with Crippen molar-refractivity contribution in [3.05, 3.63) is 29.3 Å². The Morgan fingerprint density at radius 3 is 2.48 bits per heavy atom. The number of halogens is 3. The maximum Gasteiger partial charge on any atom is 0.411 e. The van der Waals surface area contributed by atoms with Crippen LogP contribution in [-0.4, -0.2) is 46.8 Å². The molecule has 0 aliphatic heterocycles.